The quantitative estimate of drug-likeness (QED) is 0.477. The lowest BCUT2D eigenvalue weighted by atomic mass is 9.73. The van der Waals surface area contributed by atoms with Crippen LogP contribution in [0.25, 0.3) is 0 Å². The first kappa shape index (κ1) is 20.1. The van der Waals surface area contributed by atoms with Crippen molar-refractivity contribution in [3.05, 3.63) is 89.5 Å². The summed E-state index contributed by atoms with van der Waals surface area (Å²) in [6, 6.07) is 26.2. The number of ether oxygens (including phenoxy) is 2. The van der Waals surface area contributed by atoms with Gasteiger partial charge in [0.15, 0.2) is 11.5 Å². The van der Waals surface area contributed by atoms with Crippen molar-refractivity contribution < 1.29 is 9.47 Å². The summed E-state index contributed by atoms with van der Waals surface area (Å²) in [5, 5.41) is 17.9. The number of rotatable bonds is 8. The monoisotopic (exact) mass is 414 g/mol. The molecule has 150 valence electrons. The summed E-state index contributed by atoms with van der Waals surface area (Å²) < 4.78 is 11.1. The number of benzene rings is 3. The third-order valence-corrected chi connectivity index (χ3v) is 6.75. The Hall–Kier alpha value is -3.23. The molecule has 0 aliphatic heterocycles. The smallest absolute Gasteiger partial charge is 0.162 e. The number of hydrogen-bond acceptors (Lipinski definition) is 5. The van der Waals surface area contributed by atoms with Crippen LogP contribution in [-0.2, 0) is 17.8 Å². The van der Waals surface area contributed by atoms with Crippen molar-refractivity contribution in [3.8, 4) is 17.6 Å². The summed E-state index contributed by atoms with van der Waals surface area (Å²) in [4.78, 5) is 1.08. The summed E-state index contributed by atoms with van der Waals surface area (Å²) >= 11 is 1.63. The maximum Gasteiger partial charge on any atom is 0.162 e. The molecule has 0 spiro atoms. The molecule has 4 nitrogen and oxygen atoms in total. The van der Waals surface area contributed by atoms with Crippen LogP contribution in [0.1, 0.15) is 23.1 Å². The molecule has 0 heterocycles. The maximum absolute atomic E-state index is 9.24. The van der Waals surface area contributed by atoms with Crippen LogP contribution in [0.3, 0.4) is 0 Å². The van der Waals surface area contributed by atoms with Gasteiger partial charge < -0.3 is 14.9 Å². The lowest BCUT2D eigenvalue weighted by molar-refractivity contribution is 0.283. The van der Waals surface area contributed by atoms with Gasteiger partial charge in [-0.25, -0.2) is 0 Å². The fourth-order valence-corrected chi connectivity index (χ4v) is 5.14. The summed E-state index contributed by atoms with van der Waals surface area (Å²) in [6.07, 6.45) is 0.795. The molecule has 0 saturated carbocycles. The van der Waals surface area contributed by atoms with Crippen LogP contribution >= 0.6 is 11.8 Å². The van der Waals surface area contributed by atoms with Gasteiger partial charge in [-0.05, 0) is 47.4 Å². The molecule has 0 aromatic heterocycles. The third-order valence-electron chi connectivity index (χ3n) is 5.28. The zero-order chi connectivity index (χ0) is 21.0. The Morgan fingerprint density at radius 2 is 1.77 bits per heavy atom. The van der Waals surface area contributed by atoms with Gasteiger partial charge in [0, 0.05) is 10.6 Å². The number of nitriles is 1. The molecule has 0 saturated heterocycles. The Kier molecular flexibility index (Phi) is 5.78. The van der Waals surface area contributed by atoms with E-state index in [0.717, 1.165) is 21.6 Å². The van der Waals surface area contributed by atoms with E-state index in [0.29, 0.717) is 30.2 Å². The van der Waals surface area contributed by atoms with Crippen molar-refractivity contribution >= 4 is 17.5 Å². The van der Waals surface area contributed by atoms with E-state index in [-0.39, 0.29) is 6.42 Å². The number of hydrogen-bond donors (Lipinski definition) is 1. The highest BCUT2D eigenvalue weighted by Crippen LogP contribution is 2.55. The Balaban J connectivity index is 1.68. The minimum atomic E-state index is -0.552. The third kappa shape index (κ3) is 3.79. The Labute approximate surface area is 181 Å². The van der Waals surface area contributed by atoms with Crippen LogP contribution in [0.4, 0.5) is 0 Å². The van der Waals surface area contributed by atoms with Gasteiger partial charge in [-0.3, -0.25) is 0 Å². The van der Waals surface area contributed by atoms with Crippen LogP contribution in [0.15, 0.2) is 77.7 Å². The predicted molar refractivity (Wildman–Crippen MR) is 119 cm³/mol. The molecular weight excluding hydrogens is 392 g/mol. The summed E-state index contributed by atoms with van der Waals surface area (Å²) in [7, 11) is 1.64. The van der Waals surface area contributed by atoms with Gasteiger partial charge in [0.2, 0.25) is 0 Å². The van der Waals surface area contributed by atoms with Gasteiger partial charge >= 0.3 is 0 Å². The molecule has 4 rings (SSSR count). The van der Waals surface area contributed by atoms with E-state index in [9.17, 15) is 5.26 Å². The van der Waals surface area contributed by atoms with Crippen molar-refractivity contribution in [2.24, 2.45) is 0 Å². The molecule has 1 unspecified atom stereocenters. The highest BCUT2D eigenvalue weighted by molar-refractivity contribution is 8.01. The minimum Gasteiger partial charge on any atom is -0.493 e. The number of methoxy groups -OCH3 is 1. The van der Waals surface area contributed by atoms with Crippen LogP contribution in [0.2, 0.25) is 0 Å². The molecule has 1 aliphatic rings. The topological polar surface area (TPSA) is 66.1 Å². The van der Waals surface area contributed by atoms with E-state index in [4.69, 9.17) is 14.9 Å². The average molecular weight is 415 g/mol. The van der Waals surface area contributed by atoms with Gasteiger partial charge in [-0.1, -0.05) is 48.5 Å². The highest BCUT2D eigenvalue weighted by Gasteiger charge is 2.48. The van der Waals surface area contributed by atoms with Crippen molar-refractivity contribution in [2.45, 2.75) is 29.1 Å². The molecule has 0 bridgehead atoms. The molecule has 0 fully saturated rings. The van der Waals surface area contributed by atoms with Gasteiger partial charge in [-0.15, -0.1) is 11.8 Å². The molecular formula is C25H22N2O2S. The normalized spacial score (nSPS) is 16.7. The van der Waals surface area contributed by atoms with E-state index in [1.165, 1.54) is 0 Å². The molecule has 5 heteroatoms. The van der Waals surface area contributed by atoms with Crippen molar-refractivity contribution in [1.29, 1.82) is 10.7 Å². The van der Waals surface area contributed by atoms with Crippen molar-refractivity contribution in [2.75, 3.05) is 7.11 Å². The van der Waals surface area contributed by atoms with E-state index >= 15 is 0 Å². The van der Waals surface area contributed by atoms with Crippen molar-refractivity contribution in [3.63, 3.8) is 0 Å². The van der Waals surface area contributed by atoms with E-state index < -0.39 is 4.75 Å². The van der Waals surface area contributed by atoms with Gasteiger partial charge in [0.1, 0.15) is 6.61 Å². The van der Waals surface area contributed by atoms with Crippen LogP contribution in [-0.4, -0.2) is 12.8 Å². The molecule has 0 amide bonds. The summed E-state index contributed by atoms with van der Waals surface area (Å²) in [5.74, 6) is 1.34. The Morgan fingerprint density at radius 1 is 1.07 bits per heavy atom. The molecule has 3 aromatic rings. The van der Waals surface area contributed by atoms with E-state index in [1.54, 1.807) is 18.9 Å². The standard InChI is InChI=1S/C25H22N2O2S/c1-28-22-14-19-16-25(24(27)12-13-26,30-20-10-6-3-7-11-20)21(19)15-23(22)29-17-18-8-4-2-5-9-18/h2-11,14-15,27H,12,16-17H2,1H3. The lowest BCUT2D eigenvalue weighted by Crippen LogP contribution is -2.42. The minimum absolute atomic E-state index is 0.103. The molecule has 0 radical (unpaired) electrons. The fourth-order valence-electron chi connectivity index (χ4n) is 3.72. The molecule has 1 N–H and O–H groups in total. The maximum atomic E-state index is 9.24. The number of nitrogens with one attached hydrogen (secondary N) is 1. The van der Waals surface area contributed by atoms with Crippen molar-refractivity contribution in [1.82, 2.24) is 0 Å². The zero-order valence-electron chi connectivity index (χ0n) is 16.7. The number of nitrogens with zero attached hydrogens (tertiary/aromatic N) is 1. The second-order valence-electron chi connectivity index (χ2n) is 7.17. The van der Waals surface area contributed by atoms with Crippen LogP contribution in [0, 0.1) is 16.7 Å². The second kappa shape index (κ2) is 8.64. The molecule has 30 heavy (non-hydrogen) atoms. The predicted octanol–water partition coefficient (Wildman–Crippen LogP) is 5.75. The molecule has 1 atom stereocenters. The largest absolute Gasteiger partial charge is 0.493 e. The van der Waals surface area contributed by atoms with Gasteiger partial charge in [0.05, 0.1) is 24.3 Å². The lowest BCUT2D eigenvalue weighted by Gasteiger charge is -2.44. The SMILES string of the molecule is COc1cc2c(cc1OCc1ccccc1)C(Sc1ccccc1)(C(=N)CC#N)C2. The summed E-state index contributed by atoms with van der Waals surface area (Å²) in [6.45, 7) is 0.435. The van der Waals surface area contributed by atoms with E-state index in [2.05, 4.69) is 6.07 Å². The first-order chi connectivity index (χ1) is 14.7. The second-order valence-corrected chi connectivity index (χ2v) is 8.54. The highest BCUT2D eigenvalue weighted by atomic mass is 32.2. The van der Waals surface area contributed by atoms with Crippen LogP contribution in [0.5, 0.6) is 11.5 Å². The number of thioether (sulfide) groups is 1. The van der Waals surface area contributed by atoms with Crippen LogP contribution < -0.4 is 9.47 Å². The average Bonchev–Trinajstić information content (AvgIpc) is 2.77. The molecule has 3 aromatic carbocycles. The van der Waals surface area contributed by atoms with Gasteiger partial charge in [-0.2, -0.15) is 5.26 Å². The zero-order valence-corrected chi connectivity index (χ0v) is 17.5. The van der Waals surface area contributed by atoms with Gasteiger partial charge in [0.25, 0.3) is 0 Å². The Morgan fingerprint density at radius 3 is 2.43 bits per heavy atom. The molecule has 1 aliphatic carbocycles. The van der Waals surface area contributed by atoms with E-state index in [1.807, 2.05) is 72.8 Å². The first-order valence-electron chi connectivity index (χ1n) is 9.73. The summed E-state index contributed by atoms with van der Waals surface area (Å²) in [5.41, 5.74) is 3.65. The number of fused-ring (bicyclic) bond motifs is 1. The fraction of sp³-hybridized carbons (Fsp3) is 0.200. The Bertz CT molecular complexity index is 1090. The first-order valence-corrected chi connectivity index (χ1v) is 10.5.